The van der Waals surface area contributed by atoms with E-state index >= 15 is 0 Å². The first-order valence-electron chi connectivity index (χ1n) is 3.79. The van der Waals surface area contributed by atoms with Gasteiger partial charge in [0.25, 0.3) is 0 Å². The van der Waals surface area contributed by atoms with Crippen LogP contribution in [0, 0.1) is 0 Å². The van der Waals surface area contributed by atoms with Crippen molar-refractivity contribution in [3.8, 4) is 0 Å². The highest BCUT2D eigenvalue weighted by Gasteiger charge is 2.12. The number of thioether (sulfide) groups is 1. The summed E-state index contributed by atoms with van der Waals surface area (Å²) in [5.74, 6) is 0. The van der Waals surface area contributed by atoms with Gasteiger partial charge in [-0.15, -0.1) is 11.8 Å². The Morgan fingerprint density at radius 1 is 1.33 bits per heavy atom. The minimum Gasteiger partial charge on any atom is -0.235 e. The minimum absolute atomic E-state index is 0.230. The Balaban J connectivity index is 2.77. The van der Waals surface area contributed by atoms with E-state index in [0.29, 0.717) is 0 Å². The molecule has 0 radical (unpaired) electrons. The van der Waals surface area contributed by atoms with E-state index < -0.39 is 0 Å². The lowest BCUT2D eigenvalue weighted by molar-refractivity contribution is 0.799. The van der Waals surface area contributed by atoms with Crippen molar-refractivity contribution in [2.24, 2.45) is 0 Å². The molecule has 0 saturated heterocycles. The van der Waals surface area contributed by atoms with Crippen LogP contribution in [0.2, 0.25) is 0 Å². The van der Waals surface area contributed by atoms with Gasteiger partial charge in [-0.25, -0.2) is 4.98 Å². The molecule has 0 aliphatic carbocycles. The van der Waals surface area contributed by atoms with Crippen molar-refractivity contribution >= 4 is 27.7 Å². The maximum absolute atomic E-state index is 4.34. The van der Waals surface area contributed by atoms with Crippen LogP contribution >= 0.6 is 27.7 Å². The van der Waals surface area contributed by atoms with Gasteiger partial charge in [-0.2, -0.15) is 0 Å². The first-order valence-corrected chi connectivity index (χ1v) is 5.40. The van der Waals surface area contributed by atoms with E-state index in [4.69, 9.17) is 0 Å². The van der Waals surface area contributed by atoms with Crippen LogP contribution in [0.15, 0.2) is 27.8 Å². The molecule has 0 saturated carbocycles. The van der Waals surface area contributed by atoms with Crippen molar-refractivity contribution in [1.82, 2.24) is 4.98 Å². The highest BCUT2D eigenvalue weighted by Crippen LogP contribution is 2.30. The molecule has 0 N–H and O–H groups in total. The van der Waals surface area contributed by atoms with Gasteiger partial charge < -0.3 is 0 Å². The number of halogens is 1. The molecule has 0 aromatic carbocycles. The van der Waals surface area contributed by atoms with Crippen molar-refractivity contribution < 1.29 is 0 Å². The van der Waals surface area contributed by atoms with Crippen molar-refractivity contribution in [3.05, 3.63) is 22.8 Å². The first kappa shape index (κ1) is 10.1. The smallest absolute Gasteiger partial charge is 0.107 e. The van der Waals surface area contributed by atoms with Gasteiger partial charge in [0.2, 0.25) is 0 Å². The third-order valence-corrected chi connectivity index (χ3v) is 2.59. The van der Waals surface area contributed by atoms with E-state index in [9.17, 15) is 0 Å². The van der Waals surface area contributed by atoms with E-state index in [0.717, 1.165) is 9.63 Å². The number of nitrogens with zero attached hydrogens (tertiary/aromatic N) is 1. The van der Waals surface area contributed by atoms with Crippen molar-refractivity contribution in [3.63, 3.8) is 0 Å². The van der Waals surface area contributed by atoms with E-state index in [2.05, 4.69) is 41.7 Å². The molecule has 0 unspecified atom stereocenters. The van der Waals surface area contributed by atoms with Gasteiger partial charge in [0.1, 0.15) is 4.60 Å². The van der Waals surface area contributed by atoms with Crippen LogP contribution in [0.4, 0.5) is 0 Å². The molecule has 1 nitrogen and oxygen atoms in total. The van der Waals surface area contributed by atoms with Crippen molar-refractivity contribution in [2.45, 2.75) is 30.5 Å². The average molecular weight is 246 g/mol. The number of pyridine rings is 1. The summed E-state index contributed by atoms with van der Waals surface area (Å²) in [5, 5.41) is 1.07. The molecule has 1 rings (SSSR count). The SMILES string of the molecule is CC(C)(C)Sc1cccc(Br)n1. The standard InChI is InChI=1S/C9H12BrNS/c1-9(2,3)12-8-6-4-5-7(10)11-8/h4-6H,1-3H3. The molecular weight excluding hydrogens is 234 g/mol. The quantitative estimate of drug-likeness (QED) is 0.553. The van der Waals surface area contributed by atoms with Crippen LogP contribution in [0.3, 0.4) is 0 Å². The predicted octanol–water partition coefficient (Wildman–Crippen LogP) is 3.73. The predicted molar refractivity (Wildman–Crippen MR) is 57.5 cm³/mol. The zero-order valence-electron chi connectivity index (χ0n) is 7.47. The van der Waals surface area contributed by atoms with Gasteiger partial charge in [0.05, 0.1) is 5.03 Å². The van der Waals surface area contributed by atoms with Gasteiger partial charge in [-0.1, -0.05) is 26.8 Å². The fourth-order valence-electron chi connectivity index (χ4n) is 0.760. The molecular formula is C9H12BrNS. The summed E-state index contributed by atoms with van der Waals surface area (Å²) < 4.78 is 1.13. The minimum atomic E-state index is 0.230. The normalized spacial score (nSPS) is 11.7. The molecule has 3 heteroatoms. The Kier molecular flexibility index (Phi) is 3.18. The molecule has 66 valence electrons. The van der Waals surface area contributed by atoms with Gasteiger partial charge in [0, 0.05) is 4.75 Å². The Bertz CT molecular complexity index is 267. The summed E-state index contributed by atoms with van der Waals surface area (Å²) >= 11 is 5.12. The molecule has 1 heterocycles. The van der Waals surface area contributed by atoms with Crippen molar-refractivity contribution in [2.75, 3.05) is 0 Å². The highest BCUT2D eigenvalue weighted by atomic mass is 79.9. The van der Waals surface area contributed by atoms with Gasteiger partial charge in [-0.3, -0.25) is 0 Å². The Hall–Kier alpha value is -0.0200. The average Bonchev–Trinajstić information content (AvgIpc) is 1.82. The first-order chi connectivity index (χ1) is 5.47. The zero-order valence-corrected chi connectivity index (χ0v) is 9.87. The van der Waals surface area contributed by atoms with Crippen molar-refractivity contribution in [1.29, 1.82) is 0 Å². The summed E-state index contributed by atoms with van der Waals surface area (Å²) in [6, 6.07) is 5.97. The third kappa shape index (κ3) is 3.59. The molecule has 0 fully saturated rings. The van der Waals surface area contributed by atoms with E-state index in [1.54, 1.807) is 11.8 Å². The van der Waals surface area contributed by atoms with Crippen LogP contribution in [0.25, 0.3) is 0 Å². The maximum Gasteiger partial charge on any atom is 0.107 e. The van der Waals surface area contributed by atoms with E-state index in [1.165, 1.54) is 0 Å². The maximum atomic E-state index is 4.34. The lowest BCUT2D eigenvalue weighted by Crippen LogP contribution is -2.07. The fourth-order valence-corrected chi connectivity index (χ4v) is 2.14. The molecule has 0 spiro atoms. The van der Waals surface area contributed by atoms with E-state index in [1.807, 2.05) is 18.2 Å². The van der Waals surface area contributed by atoms with Gasteiger partial charge >= 0.3 is 0 Å². The number of hydrogen-bond acceptors (Lipinski definition) is 2. The molecule has 1 aromatic heterocycles. The van der Waals surface area contributed by atoms with Crippen LogP contribution in [-0.2, 0) is 0 Å². The van der Waals surface area contributed by atoms with E-state index in [-0.39, 0.29) is 4.75 Å². The molecule has 0 bridgehead atoms. The van der Waals surface area contributed by atoms with Crippen LogP contribution < -0.4 is 0 Å². The fraction of sp³-hybridized carbons (Fsp3) is 0.444. The lowest BCUT2D eigenvalue weighted by atomic mass is 10.3. The molecule has 1 aromatic rings. The molecule has 12 heavy (non-hydrogen) atoms. The second-order valence-corrected chi connectivity index (χ2v) is 6.17. The third-order valence-electron chi connectivity index (χ3n) is 1.10. The lowest BCUT2D eigenvalue weighted by Gasteiger charge is -2.16. The van der Waals surface area contributed by atoms with Crippen LogP contribution in [0.1, 0.15) is 20.8 Å². The Morgan fingerprint density at radius 3 is 2.50 bits per heavy atom. The summed E-state index contributed by atoms with van der Waals surface area (Å²) in [4.78, 5) is 4.34. The molecule has 0 amide bonds. The van der Waals surface area contributed by atoms with Gasteiger partial charge in [0.15, 0.2) is 0 Å². The monoisotopic (exact) mass is 245 g/mol. The van der Waals surface area contributed by atoms with Gasteiger partial charge in [-0.05, 0) is 28.1 Å². The topological polar surface area (TPSA) is 12.9 Å². The molecule has 0 aliphatic heterocycles. The number of hydrogen-bond donors (Lipinski definition) is 0. The zero-order chi connectivity index (χ0) is 9.19. The van der Waals surface area contributed by atoms with Crippen LogP contribution in [0.5, 0.6) is 0 Å². The number of rotatable bonds is 1. The highest BCUT2D eigenvalue weighted by molar-refractivity contribution is 9.10. The summed E-state index contributed by atoms with van der Waals surface area (Å²) in [6.45, 7) is 6.54. The Labute approximate surface area is 86.1 Å². The molecule has 0 aliphatic rings. The second kappa shape index (κ2) is 3.79. The largest absolute Gasteiger partial charge is 0.235 e. The number of aromatic nitrogens is 1. The van der Waals surface area contributed by atoms with Crippen LogP contribution in [-0.4, -0.2) is 9.73 Å². The molecule has 0 atom stereocenters. The summed E-state index contributed by atoms with van der Waals surface area (Å²) in [6.07, 6.45) is 0. The second-order valence-electron chi connectivity index (χ2n) is 3.51. The summed E-state index contributed by atoms with van der Waals surface area (Å²) in [5.41, 5.74) is 0. The Morgan fingerprint density at radius 2 is 2.00 bits per heavy atom. The summed E-state index contributed by atoms with van der Waals surface area (Å²) in [7, 11) is 0.